The minimum absolute atomic E-state index is 0.0108. The van der Waals surface area contributed by atoms with Crippen LogP contribution >= 0.6 is 11.3 Å². The van der Waals surface area contributed by atoms with Crippen molar-refractivity contribution in [2.75, 3.05) is 30.9 Å². The van der Waals surface area contributed by atoms with E-state index < -0.39 is 58.9 Å². The molecule has 0 spiro atoms. The summed E-state index contributed by atoms with van der Waals surface area (Å²) in [6.07, 6.45) is 3.73. The molecule has 3 aliphatic rings. The van der Waals surface area contributed by atoms with Gasteiger partial charge < -0.3 is 40.3 Å². The number of carboxylic acids is 1. The molecule has 1 saturated heterocycles. The van der Waals surface area contributed by atoms with Gasteiger partial charge in [0, 0.05) is 54.5 Å². The van der Waals surface area contributed by atoms with Crippen molar-refractivity contribution in [2.24, 2.45) is 11.3 Å². The second kappa shape index (κ2) is 15.9. The zero-order valence-electron chi connectivity index (χ0n) is 33.6. The maximum Gasteiger partial charge on any atom is 0.408 e. The number of benzene rings is 1. The van der Waals surface area contributed by atoms with Crippen molar-refractivity contribution >= 4 is 56.9 Å². The number of carboxylic acid groups (broad SMARTS) is 1. The Morgan fingerprint density at radius 1 is 1.11 bits per heavy atom. The summed E-state index contributed by atoms with van der Waals surface area (Å²) in [5, 5.41) is 22.5. The van der Waals surface area contributed by atoms with Crippen LogP contribution < -0.4 is 25.6 Å². The maximum atomic E-state index is 14.6. The van der Waals surface area contributed by atoms with Gasteiger partial charge in [-0.05, 0) is 76.5 Å². The number of rotatable bonds is 13. The fourth-order valence-electron chi connectivity index (χ4n) is 7.78. The largest absolute Gasteiger partial charge is 0.487 e. The molecule has 0 unspecified atom stereocenters. The smallest absolute Gasteiger partial charge is 0.408 e. The molecule has 6 rings (SSSR count). The second-order valence-electron chi connectivity index (χ2n) is 16.9. The number of alkyl carbamates (subject to hydrolysis) is 1. The first-order chi connectivity index (χ1) is 26.4. The third-order valence-corrected chi connectivity index (χ3v) is 11.7. The van der Waals surface area contributed by atoms with E-state index in [0.29, 0.717) is 17.0 Å². The molecule has 56 heavy (non-hydrogen) atoms. The van der Waals surface area contributed by atoms with Crippen molar-refractivity contribution in [3.63, 3.8) is 0 Å². The number of nitrogens with zero attached hydrogens (tertiary/aromatic N) is 4. The van der Waals surface area contributed by atoms with E-state index in [1.54, 1.807) is 0 Å². The van der Waals surface area contributed by atoms with Gasteiger partial charge in [0.15, 0.2) is 5.13 Å². The number of amides is 3. The quantitative estimate of drug-likeness (QED) is 0.147. The number of aromatic nitrogens is 2. The Morgan fingerprint density at radius 3 is 2.43 bits per heavy atom. The first-order valence-corrected chi connectivity index (χ1v) is 20.3. The average Bonchev–Trinajstić information content (AvgIpc) is 3.53. The van der Waals surface area contributed by atoms with Crippen molar-refractivity contribution in [1.82, 2.24) is 25.5 Å². The lowest BCUT2D eigenvalue weighted by Gasteiger charge is -2.35. The Balaban J connectivity index is 1.33. The molecule has 2 aliphatic carbocycles. The summed E-state index contributed by atoms with van der Waals surface area (Å²) in [6, 6.07) is 3.96. The number of nitrogens with one attached hydrogen (secondary N) is 3. The number of fused-ring (bicyclic) bond motifs is 1. The molecule has 5 atom stereocenters. The fraction of sp³-hybridized carbons (Fsp3) is 0.561. The Hall–Kier alpha value is -4.92. The summed E-state index contributed by atoms with van der Waals surface area (Å²) in [5.74, 6) is -2.15. The van der Waals surface area contributed by atoms with Crippen LogP contribution in [0.2, 0.25) is 0 Å². The molecular formula is C41H55N7O7S. The highest BCUT2D eigenvalue weighted by Gasteiger charge is 2.61. The van der Waals surface area contributed by atoms with Gasteiger partial charge in [0.2, 0.25) is 11.8 Å². The van der Waals surface area contributed by atoms with Crippen LogP contribution in [0.3, 0.4) is 0 Å². The van der Waals surface area contributed by atoms with Gasteiger partial charge in [0.25, 0.3) is 0 Å². The molecule has 2 saturated carbocycles. The predicted molar refractivity (Wildman–Crippen MR) is 217 cm³/mol. The number of hydrogen-bond acceptors (Lipinski definition) is 11. The molecule has 3 aromatic rings. The van der Waals surface area contributed by atoms with Gasteiger partial charge in [0.05, 0.1) is 17.8 Å². The minimum Gasteiger partial charge on any atom is -0.487 e. The lowest BCUT2D eigenvalue weighted by molar-refractivity contribution is -0.146. The Kier molecular flexibility index (Phi) is 11.6. The Morgan fingerprint density at radius 2 is 1.82 bits per heavy atom. The third-order valence-electron chi connectivity index (χ3n) is 10.9. The van der Waals surface area contributed by atoms with Crippen LogP contribution in [0.5, 0.6) is 5.75 Å². The van der Waals surface area contributed by atoms with Crippen LogP contribution in [0, 0.1) is 18.3 Å². The molecule has 3 fully saturated rings. The summed E-state index contributed by atoms with van der Waals surface area (Å²) in [7, 11) is 3.87. The molecule has 0 bridgehead atoms. The van der Waals surface area contributed by atoms with E-state index in [0.717, 1.165) is 53.1 Å². The zero-order valence-corrected chi connectivity index (χ0v) is 34.4. The van der Waals surface area contributed by atoms with E-state index in [-0.39, 0.29) is 31.5 Å². The summed E-state index contributed by atoms with van der Waals surface area (Å²) >= 11 is 1.51. The SMILES string of the molecule is C=C[C@@H]1C[C@]1(NC(=O)[C@@H]1C[C@@H](Oc2c(C)c(N(C)C)cc3nc(-c4csc(NC(C)C)n4)ccc23)CN1C(=O)[C@@H](NC(=O)OC1CCCC1)C(C)(C)C)C(=O)O. The van der Waals surface area contributed by atoms with Crippen molar-refractivity contribution in [1.29, 1.82) is 0 Å². The molecule has 15 heteroatoms. The number of likely N-dealkylation sites (tertiary alicyclic amines) is 1. The molecule has 302 valence electrons. The highest BCUT2D eigenvalue weighted by molar-refractivity contribution is 7.14. The van der Waals surface area contributed by atoms with Gasteiger partial charge in [-0.25, -0.2) is 19.6 Å². The number of ether oxygens (including phenoxy) is 2. The topological polar surface area (TPSA) is 175 Å². The van der Waals surface area contributed by atoms with Gasteiger partial charge >= 0.3 is 12.1 Å². The Labute approximate surface area is 332 Å². The third kappa shape index (κ3) is 8.42. The van der Waals surface area contributed by atoms with Crippen LogP contribution in [0.25, 0.3) is 22.3 Å². The lowest BCUT2D eigenvalue weighted by atomic mass is 9.85. The molecule has 3 heterocycles. The van der Waals surface area contributed by atoms with Crippen LogP contribution in [-0.4, -0.2) is 100 Å². The molecular weight excluding hydrogens is 735 g/mol. The number of pyridine rings is 1. The van der Waals surface area contributed by atoms with Gasteiger partial charge in [-0.15, -0.1) is 17.9 Å². The van der Waals surface area contributed by atoms with Crippen LogP contribution in [0.4, 0.5) is 15.6 Å². The van der Waals surface area contributed by atoms with E-state index in [4.69, 9.17) is 19.4 Å². The lowest BCUT2D eigenvalue weighted by Crippen LogP contribution is -2.59. The first-order valence-electron chi connectivity index (χ1n) is 19.4. The Bertz CT molecular complexity index is 2000. The van der Waals surface area contributed by atoms with E-state index in [2.05, 4.69) is 36.4 Å². The monoisotopic (exact) mass is 789 g/mol. The van der Waals surface area contributed by atoms with E-state index in [9.17, 15) is 24.3 Å². The number of aliphatic carboxylic acids is 1. The average molecular weight is 790 g/mol. The van der Waals surface area contributed by atoms with Gasteiger partial charge in [-0.1, -0.05) is 26.8 Å². The number of anilines is 2. The summed E-state index contributed by atoms with van der Waals surface area (Å²) < 4.78 is 12.5. The van der Waals surface area contributed by atoms with Gasteiger partial charge in [-0.3, -0.25) is 9.59 Å². The molecule has 1 aromatic carbocycles. The summed E-state index contributed by atoms with van der Waals surface area (Å²) in [6.45, 7) is 15.3. The van der Waals surface area contributed by atoms with E-state index >= 15 is 0 Å². The molecule has 4 N–H and O–H groups in total. The van der Waals surface area contributed by atoms with Crippen molar-refractivity contribution in [3.05, 3.63) is 41.8 Å². The van der Waals surface area contributed by atoms with E-state index in [1.807, 2.05) is 70.3 Å². The van der Waals surface area contributed by atoms with Crippen LogP contribution in [-0.2, 0) is 19.1 Å². The number of carbonyl (C=O) groups excluding carboxylic acids is 3. The van der Waals surface area contributed by atoms with Crippen molar-refractivity contribution in [3.8, 4) is 17.1 Å². The fourth-order valence-corrected chi connectivity index (χ4v) is 8.63. The van der Waals surface area contributed by atoms with Crippen LogP contribution in [0.15, 0.2) is 36.2 Å². The minimum atomic E-state index is -1.50. The number of thiazole rings is 1. The molecule has 1 aliphatic heterocycles. The summed E-state index contributed by atoms with van der Waals surface area (Å²) in [5.41, 5.74) is 1.59. The second-order valence-corrected chi connectivity index (χ2v) is 17.8. The molecule has 14 nitrogen and oxygen atoms in total. The number of hydrogen-bond donors (Lipinski definition) is 4. The number of carbonyl (C=O) groups is 4. The molecule has 3 amide bonds. The highest BCUT2D eigenvalue weighted by atomic mass is 32.1. The predicted octanol–water partition coefficient (Wildman–Crippen LogP) is 6.13. The summed E-state index contributed by atoms with van der Waals surface area (Å²) in [4.78, 5) is 67.5. The first kappa shape index (κ1) is 40.7. The maximum absolute atomic E-state index is 14.6. The molecule has 0 radical (unpaired) electrons. The highest BCUT2D eigenvalue weighted by Crippen LogP contribution is 2.45. The van der Waals surface area contributed by atoms with Gasteiger partial charge in [-0.2, -0.15) is 0 Å². The molecule has 2 aromatic heterocycles. The van der Waals surface area contributed by atoms with Crippen LogP contribution in [0.1, 0.15) is 78.7 Å². The zero-order chi connectivity index (χ0) is 40.7. The van der Waals surface area contributed by atoms with Crippen molar-refractivity contribution in [2.45, 2.75) is 116 Å². The standard InChI is InChI=1S/C41H55N7O7S/c1-10-24-19-41(24,37(51)52)46-35(49)32-17-26(20-48(32)36(50)34(40(5,6)7)45-39(53)55-25-13-11-12-14-25)54-33-23(4)31(47(8)9)18-29-27(33)15-16-28(43-29)30-21-56-38(44-30)42-22(2)3/h10,15-16,18,21-22,24-26,32,34H,1,11-14,17,19-20H2,2-9H3,(H,42,44)(H,45,53)(H,46,49)(H,51,52)/t24-,26-,32+,34-,41-/m1/s1. The van der Waals surface area contributed by atoms with E-state index in [1.165, 1.54) is 22.3 Å². The van der Waals surface area contributed by atoms with Gasteiger partial charge in [0.1, 0.15) is 41.3 Å². The normalized spacial score (nSPS) is 22.8. The van der Waals surface area contributed by atoms with Crippen molar-refractivity contribution < 1.29 is 33.8 Å².